The Labute approximate surface area is 248 Å². The number of imidazole rings is 1. The van der Waals surface area contributed by atoms with E-state index in [0.717, 1.165) is 67.7 Å². The summed E-state index contributed by atoms with van der Waals surface area (Å²) in [6, 6.07) is 47.4. The number of aromatic nitrogens is 3. The summed E-state index contributed by atoms with van der Waals surface area (Å²) in [7, 11) is 0. The lowest BCUT2D eigenvalue weighted by atomic mass is 10.0. The van der Waals surface area contributed by atoms with Crippen LogP contribution in [-0.2, 0) is 6.42 Å². The third-order valence-electron chi connectivity index (χ3n) is 8.68. The number of aryl methyl sites for hydroxylation is 1. The molecule has 6 aromatic carbocycles. The van der Waals surface area contributed by atoms with Crippen molar-refractivity contribution in [3.05, 3.63) is 139 Å². The van der Waals surface area contributed by atoms with Gasteiger partial charge in [-0.25, -0.2) is 4.98 Å². The fourth-order valence-electron chi connectivity index (χ4n) is 6.71. The minimum atomic E-state index is 0.861. The number of rotatable bonds is 4. The van der Waals surface area contributed by atoms with Crippen LogP contribution in [0.5, 0.6) is 0 Å². The van der Waals surface area contributed by atoms with Crippen LogP contribution >= 0.6 is 0 Å². The number of hydrogen-bond acceptors (Lipinski definition) is 2. The maximum Gasteiger partial charge on any atom is 0.135 e. The van der Waals surface area contributed by atoms with Crippen molar-refractivity contribution < 1.29 is 4.42 Å². The highest BCUT2D eigenvalue weighted by molar-refractivity contribution is 6.11. The molecule has 0 aliphatic rings. The van der Waals surface area contributed by atoms with Gasteiger partial charge < -0.3 is 8.98 Å². The molecule has 0 radical (unpaired) electrons. The second-order valence-electron chi connectivity index (χ2n) is 11.1. The minimum Gasteiger partial charge on any atom is -0.456 e. The van der Waals surface area contributed by atoms with Gasteiger partial charge >= 0.3 is 0 Å². The van der Waals surface area contributed by atoms with Gasteiger partial charge in [0.2, 0.25) is 0 Å². The Kier molecular flexibility index (Phi) is 5.14. The maximum atomic E-state index is 6.33. The maximum absolute atomic E-state index is 6.33. The van der Waals surface area contributed by atoms with Crippen molar-refractivity contribution in [1.82, 2.24) is 14.1 Å². The lowest BCUT2D eigenvalue weighted by Gasteiger charge is -2.11. The zero-order valence-electron chi connectivity index (χ0n) is 23.7. The van der Waals surface area contributed by atoms with Gasteiger partial charge in [-0.3, -0.25) is 4.57 Å². The number of benzene rings is 6. The first kappa shape index (κ1) is 24.0. The van der Waals surface area contributed by atoms with Crippen molar-refractivity contribution >= 4 is 54.8 Å². The van der Waals surface area contributed by atoms with E-state index in [9.17, 15) is 0 Å². The minimum absolute atomic E-state index is 0.861. The predicted molar refractivity (Wildman–Crippen MR) is 178 cm³/mol. The Morgan fingerprint density at radius 3 is 1.91 bits per heavy atom. The van der Waals surface area contributed by atoms with Gasteiger partial charge in [0.1, 0.15) is 17.0 Å². The molecule has 0 unspecified atom stereocenters. The molecular formula is C39H27N3O. The lowest BCUT2D eigenvalue weighted by molar-refractivity contribution is 0.669. The smallest absolute Gasteiger partial charge is 0.135 e. The Bertz CT molecular complexity index is 2460. The molecule has 3 aromatic heterocycles. The Morgan fingerprint density at radius 1 is 0.512 bits per heavy atom. The Hall–Kier alpha value is -5.61. The van der Waals surface area contributed by atoms with E-state index in [1.54, 1.807) is 0 Å². The van der Waals surface area contributed by atoms with Gasteiger partial charge in [0, 0.05) is 39.3 Å². The first-order chi connectivity index (χ1) is 21.3. The fourth-order valence-corrected chi connectivity index (χ4v) is 6.71. The van der Waals surface area contributed by atoms with Gasteiger partial charge in [0.15, 0.2) is 0 Å². The van der Waals surface area contributed by atoms with Crippen LogP contribution in [0.3, 0.4) is 0 Å². The molecule has 0 amide bonds. The molecule has 0 saturated heterocycles. The molecule has 9 rings (SSSR count). The summed E-state index contributed by atoms with van der Waals surface area (Å²) < 4.78 is 11.0. The average Bonchev–Trinajstić information content (AvgIpc) is 3.73. The number of hydrogen-bond donors (Lipinski definition) is 0. The highest BCUT2D eigenvalue weighted by atomic mass is 16.3. The van der Waals surface area contributed by atoms with Crippen LogP contribution in [0, 0.1) is 0 Å². The molecule has 43 heavy (non-hydrogen) atoms. The predicted octanol–water partition coefficient (Wildman–Crippen LogP) is 10.3. The standard InChI is InChI=1S/C39H27N3O/c1-2-39-40-33-14-5-8-17-36(33)42(39)27-11-9-10-25(22-27)26-18-20-37-31(23-26)32-24-28(19-21-38(32)43-37)41-34-15-6-3-12-29(34)30-13-4-7-16-35(30)41/h3-24H,2H2,1H3. The van der Waals surface area contributed by atoms with E-state index in [1.807, 2.05) is 6.07 Å². The second kappa shape index (κ2) is 9.20. The molecule has 0 saturated carbocycles. The van der Waals surface area contributed by atoms with E-state index >= 15 is 0 Å². The fraction of sp³-hybridized carbons (Fsp3) is 0.0513. The van der Waals surface area contributed by atoms with Crippen molar-refractivity contribution in [2.24, 2.45) is 0 Å². The topological polar surface area (TPSA) is 35.9 Å². The average molecular weight is 554 g/mol. The molecule has 0 N–H and O–H groups in total. The van der Waals surface area contributed by atoms with Crippen molar-refractivity contribution in [1.29, 1.82) is 0 Å². The third-order valence-corrected chi connectivity index (χ3v) is 8.68. The van der Waals surface area contributed by atoms with E-state index in [-0.39, 0.29) is 0 Å². The summed E-state index contributed by atoms with van der Waals surface area (Å²) in [6.07, 6.45) is 0.861. The van der Waals surface area contributed by atoms with Crippen LogP contribution in [0.1, 0.15) is 12.7 Å². The van der Waals surface area contributed by atoms with Crippen LogP contribution in [0.25, 0.3) is 77.3 Å². The van der Waals surface area contributed by atoms with Gasteiger partial charge in [0.05, 0.1) is 22.1 Å². The zero-order valence-corrected chi connectivity index (χ0v) is 23.7. The Balaban J connectivity index is 1.21. The lowest BCUT2D eigenvalue weighted by Crippen LogP contribution is -2.00. The highest BCUT2D eigenvalue weighted by Crippen LogP contribution is 2.37. The molecule has 0 fully saturated rings. The SMILES string of the molecule is CCc1nc2ccccc2n1-c1cccc(-c2ccc3oc4ccc(-n5c6ccccc6c6ccccc65)cc4c3c2)c1. The van der Waals surface area contributed by atoms with Crippen LogP contribution in [-0.4, -0.2) is 14.1 Å². The second-order valence-corrected chi connectivity index (χ2v) is 11.1. The van der Waals surface area contributed by atoms with E-state index < -0.39 is 0 Å². The first-order valence-corrected chi connectivity index (χ1v) is 14.8. The summed E-state index contributed by atoms with van der Waals surface area (Å²) >= 11 is 0. The van der Waals surface area contributed by atoms with Gasteiger partial charge in [-0.05, 0) is 77.9 Å². The number of fused-ring (bicyclic) bond motifs is 7. The van der Waals surface area contributed by atoms with Crippen LogP contribution in [0.2, 0.25) is 0 Å². The quantitative estimate of drug-likeness (QED) is 0.217. The van der Waals surface area contributed by atoms with E-state index in [2.05, 4.69) is 143 Å². The molecule has 204 valence electrons. The Morgan fingerprint density at radius 2 is 1.14 bits per heavy atom. The normalized spacial score (nSPS) is 11.9. The molecule has 0 aliphatic heterocycles. The van der Waals surface area contributed by atoms with Gasteiger partial charge in [0.25, 0.3) is 0 Å². The molecule has 0 bridgehead atoms. The number of para-hydroxylation sites is 4. The molecule has 3 heterocycles. The summed E-state index contributed by atoms with van der Waals surface area (Å²) in [5.41, 5.74) is 10.9. The summed E-state index contributed by atoms with van der Waals surface area (Å²) in [5, 5.41) is 4.74. The largest absolute Gasteiger partial charge is 0.456 e. The van der Waals surface area contributed by atoms with Crippen molar-refractivity contribution in [3.8, 4) is 22.5 Å². The first-order valence-electron chi connectivity index (χ1n) is 14.8. The zero-order chi connectivity index (χ0) is 28.5. The van der Waals surface area contributed by atoms with Crippen molar-refractivity contribution in [2.75, 3.05) is 0 Å². The monoisotopic (exact) mass is 553 g/mol. The summed E-state index contributed by atoms with van der Waals surface area (Å²) in [4.78, 5) is 4.89. The van der Waals surface area contributed by atoms with Crippen molar-refractivity contribution in [3.63, 3.8) is 0 Å². The molecule has 0 atom stereocenters. The third kappa shape index (κ3) is 3.60. The summed E-state index contributed by atoms with van der Waals surface area (Å²) in [5.74, 6) is 1.06. The van der Waals surface area contributed by atoms with Crippen LogP contribution < -0.4 is 0 Å². The van der Waals surface area contributed by atoms with E-state index in [0.29, 0.717) is 0 Å². The van der Waals surface area contributed by atoms with E-state index in [1.165, 1.54) is 21.8 Å². The molecule has 0 spiro atoms. The van der Waals surface area contributed by atoms with Gasteiger partial charge in [-0.2, -0.15) is 0 Å². The van der Waals surface area contributed by atoms with Crippen molar-refractivity contribution in [2.45, 2.75) is 13.3 Å². The summed E-state index contributed by atoms with van der Waals surface area (Å²) in [6.45, 7) is 2.16. The van der Waals surface area contributed by atoms with E-state index in [4.69, 9.17) is 9.40 Å². The number of nitrogens with zero attached hydrogens (tertiary/aromatic N) is 3. The molecule has 0 aliphatic carbocycles. The van der Waals surface area contributed by atoms with Crippen LogP contribution in [0.15, 0.2) is 138 Å². The molecule has 9 aromatic rings. The molecule has 4 nitrogen and oxygen atoms in total. The van der Waals surface area contributed by atoms with Gasteiger partial charge in [-0.1, -0.05) is 73.7 Å². The highest BCUT2D eigenvalue weighted by Gasteiger charge is 2.16. The van der Waals surface area contributed by atoms with Crippen LogP contribution in [0.4, 0.5) is 0 Å². The molecular weight excluding hydrogens is 526 g/mol. The van der Waals surface area contributed by atoms with Gasteiger partial charge in [-0.15, -0.1) is 0 Å². The number of furan rings is 1. The molecule has 4 heteroatoms.